The Morgan fingerprint density at radius 2 is 1.44 bits per heavy atom. The van der Waals surface area contributed by atoms with Crippen LogP contribution in [0.15, 0.2) is 72.9 Å². The topological polar surface area (TPSA) is 57.5 Å². The van der Waals surface area contributed by atoms with E-state index in [9.17, 15) is 9.90 Å². The average Bonchev–Trinajstić information content (AvgIpc) is 2.64. The van der Waals surface area contributed by atoms with Crippen molar-refractivity contribution in [2.24, 2.45) is 0 Å². The minimum Gasteiger partial charge on any atom is -0.481 e. The van der Waals surface area contributed by atoms with Crippen molar-refractivity contribution in [2.75, 3.05) is 0 Å². The first-order valence-electron chi connectivity index (χ1n) is 10.00. The maximum atomic E-state index is 10.4. The van der Waals surface area contributed by atoms with Gasteiger partial charge in [0.05, 0.1) is 6.10 Å². The highest BCUT2D eigenvalue weighted by molar-refractivity contribution is 5.66. The maximum absolute atomic E-state index is 10.4. The first-order valence-corrected chi connectivity index (χ1v) is 10.00. The van der Waals surface area contributed by atoms with Crippen molar-refractivity contribution >= 4 is 5.97 Å². The predicted octanol–water partition coefficient (Wildman–Crippen LogP) is 6.30. The first-order chi connectivity index (χ1) is 13.2. The summed E-state index contributed by atoms with van der Waals surface area (Å²) >= 11 is 0. The standard InChI is InChI=1S/C24H36O3/c1-2-3-17-20-23(25)21-18-15-13-11-9-7-5-4-6-8-10-12-14-16-19-22-24(26)27/h3-4,6-7,9-10,12-13,15,17-18,21,23,25H,2,5,8,11,14,16,19-20,22H2,1H3,(H,26,27)/b6-4-,9-7-,12-10-,15-13-,17-3-,21-18+/t23-/m0/s1. The van der Waals surface area contributed by atoms with Crippen LogP contribution in [0, 0.1) is 0 Å². The lowest BCUT2D eigenvalue weighted by molar-refractivity contribution is -0.137. The number of rotatable bonds is 16. The van der Waals surface area contributed by atoms with E-state index in [2.05, 4.69) is 55.5 Å². The van der Waals surface area contributed by atoms with Gasteiger partial charge in [-0.1, -0.05) is 79.8 Å². The Morgan fingerprint density at radius 3 is 2.07 bits per heavy atom. The third-order valence-electron chi connectivity index (χ3n) is 3.69. The van der Waals surface area contributed by atoms with Crippen LogP contribution in [0.2, 0.25) is 0 Å². The minimum atomic E-state index is -0.712. The number of carbonyl (C=O) groups is 1. The highest BCUT2D eigenvalue weighted by Crippen LogP contribution is 2.02. The normalized spacial score (nSPS) is 14.1. The monoisotopic (exact) mass is 372 g/mol. The molecule has 0 radical (unpaired) electrons. The second kappa shape index (κ2) is 20.2. The molecule has 0 saturated heterocycles. The molecule has 0 aromatic heterocycles. The van der Waals surface area contributed by atoms with E-state index in [0.29, 0.717) is 6.42 Å². The van der Waals surface area contributed by atoms with E-state index >= 15 is 0 Å². The molecular weight excluding hydrogens is 336 g/mol. The van der Waals surface area contributed by atoms with Crippen molar-refractivity contribution < 1.29 is 15.0 Å². The van der Waals surface area contributed by atoms with Crippen molar-refractivity contribution in [2.45, 2.75) is 70.8 Å². The van der Waals surface area contributed by atoms with Gasteiger partial charge in [-0.2, -0.15) is 0 Å². The Labute approximate surface area is 165 Å². The number of carboxylic acids is 1. The van der Waals surface area contributed by atoms with Gasteiger partial charge in [0, 0.05) is 6.42 Å². The molecule has 0 amide bonds. The lowest BCUT2D eigenvalue weighted by atomic mass is 10.2. The number of aliphatic hydroxyl groups excluding tert-OH is 1. The SMILES string of the molecule is CC/C=C\C[C@H](O)/C=C/C=C\C/C=C\C/C=C\C/C=C\CCCCC(=O)O. The smallest absolute Gasteiger partial charge is 0.303 e. The van der Waals surface area contributed by atoms with Gasteiger partial charge in [0.25, 0.3) is 0 Å². The first kappa shape index (κ1) is 24.9. The number of unbranched alkanes of at least 4 members (excludes halogenated alkanes) is 2. The Kier molecular flexibility index (Phi) is 18.6. The number of aliphatic hydroxyl groups is 1. The van der Waals surface area contributed by atoms with Crippen LogP contribution < -0.4 is 0 Å². The molecule has 2 N–H and O–H groups in total. The zero-order valence-corrected chi connectivity index (χ0v) is 16.7. The third-order valence-corrected chi connectivity index (χ3v) is 3.69. The Hall–Kier alpha value is -2.13. The summed E-state index contributed by atoms with van der Waals surface area (Å²) in [6, 6.07) is 0. The number of hydrogen-bond donors (Lipinski definition) is 2. The van der Waals surface area contributed by atoms with Crippen molar-refractivity contribution in [1.82, 2.24) is 0 Å². The Balaban J connectivity index is 3.61. The molecule has 27 heavy (non-hydrogen) atoms. The van der Waals surface area contributed by atoms with Gasteiger partial charge in [0.1, 0.15) is 0 Å². The number of hydrogen-bond acceptors (Lipinski definition) is 2. The summed E-state index contributed by atoms with van der Waals surface area (Å²) in [6.45, 7) is 2.08. The van der Waals surface area contributed by atoms with E-state index in [4.69, 9.17) is 5.11 Å². The highest BCUT2D eigenvalue weighted by atomic mass is 16.4. The van der Waals surface area contributed by atoms with Crippen LogP contribution in [0.5, 0.6) is 0 Å². The minimum absolute atomic E-state index is 0.268. The summed E-state index contributed by atoms with van der Waals surface area (Å²) in [5.41, 5.74) is 0. The molecule has 3 nitrogen and oxygen atoms in total. The molecule has 0 rings (SSSR count). The summed E-state index contributed by atoms with van der Waals surface area (Å²) in [4.78, 5) is 10.4. The molecular formula is C24H36O3. The van der Waals surface area contributed by atoms with Gasteiger partial charge in [-0.25, -0.2) is 0 Å². The van der Waals surface area contributed by atoms with Crippen molar-refractivity contribution in [1.29, 1.82) is 0 Å². The van der Waals surface area contributed by atoms with Crippen LogP contribution >= 0.6 is 0 Å². The lowest BCUT2D eigenvalue weighted by Gasteiger charge is -1.98. The molecule has 0 spiro atoms. The molecule has 0 aromatic carbocycles. The molecule has 0 aliphatic rings. The van der Waals surface area contributed by atoms with Crippen molar-refractivity contribution in [3.05, 3.63) is 72.9 Å². The van der Waals surface area contributed by atoms with Gasteiger partial charge in [-0.3, -0.25) is 4.79 Å². The molecule has 0 fully saturated rings. The summed E-state index contributed by atoms with van der Waals surface area (Å²) in [5, 5.41) is 18.2. The lowest BCUT2D eigenvalue weighted by Crippen LogP contribution is -1.98. The van der Waals surface area contributed by atoms with Crippen LogP contribution in [0.1, 0.15) is 64.7 Å². The zero-order valence-electron chi connectivity index (χ0n) is 16.7. The van der Waals surface area contributed by atoms with Crippen LogP contribution in [0.25, 0.3) is 0 Å². The van der Waals surface area contributed by atoms with Crippen molar-refractivity contribution in [3.8, 4) is 0 Å². The van der Waals surface area contributed by atoms with Crippen LogP contribution in [0.3, 0.4) is 0 Å². The molecule has 0 aliphatic carbocycles. The molecule has 0 aliphatic heterocycles. The average molecular weight is 373 g/mol. The summed E-state index contributed by atoms with van der Waals surface area (Å²) in [7, 11) is 0. The Bertz CT molecular complexity index is 522. The summed E-state index contributed by atoms with van der Waals surface area (Å²) in [6.07, 6.45) is 31.5. The van der Waals surface area contributed by atoms with E-state index < -0.39 is 12.1 Å². The summed E-state index contributed by atoms with van der Waals surface area (Å²) < 4.78 is 0. The number of aliphatic carboxylic acids is 1. The van der Waals surface area contributed by atoms with E-state index in [0.717, 1.165) is 44.9 Å². The van der Waals surface area contributed by atoms with Gasteiger partial charge in [0.2, 0.25) is 0 Å². The zero-order chi connectivity index (χ0) is 20.0. The molecule has 0 bridgehead atoms. The fraction of sp³-hybridized carbons (Fsp3) is 0.458. The van der Waals surface area contributed by atoms with E-state index in [1.165, 1.54) is 0 Å². The quantitative estimate of drug-likeness (QED) is 0.190. The molecule has 0 heterocycles. The van der Waals surface area contributed by atoms with Gasteiger partial charge >= 0.3 is 5.97 Å². The van der Waals surface area contributed by atoms with Crippen molar-refractivity contribution in [3.63, 3.8) is 0 Å². The number of allylic oxidation sites excluding steroid dienone is 10. The maximum Gasteiger partial charge on any atom is 0.303 e. The second-order valence-corrected chi connectivity index (χ2v) is 6.26. The highest BCUT2D eigenvalue weighted by Gasteiger charge is 1.94. The van der Waals surface area contributed by atoms with E-state index in [1.807, 2.05) is 24.3 Å². The molecule has 0 unspecified atom stereocenters. The van der Waals surface area contributed by atoms with E-state index in [-0.39, 0.29) is 6.42 Å². The molecule has 3 heteroatoms. The molecule has 150 valence electrons. The fourth-order valence-corrected chi connectivity index (χ4v) is 2.20. The van der Waals surface area contributed by atoms with Gasteiger partial charge in [0.15, 0.2) is 0 Å². The largest absolute Gasteiger partial charge is 0.481 e. The Morgan fingerprint density at radius 1 is 0.815 bits per heavy atom. The van der Waals surface area contributed by atoms with Crippen LogP contribution in [-0.4, -0.2) is 22.3 Å². The second-order valence-electron chi connectivity index (χ2n) is 6.26. The molecule has 0 saturated carbocycles. The van der Waals surface area contributed by atoms with Gasteiger partial charge in [-0.05, 0) is 51.4 Å². The van der Waals surface area contributed by atoms with Gasteiger partial charge in [-0.15, -0.1) is 0 Å². The third kappa shape index (κ3) is 21.8. The number of carboxylic acid groups (broad SMARTS) is 1. The van der Waals surface area contributed by atoms with Crippen LogP contribution in [-0.2, 0) is 4.79 Å². The van der Waals surface area contributed by atoms with Crippen LogP contribution in [0.4, 0.5) is 0 Å². The fourth-order valence-electron chi connectivity index (χ4n) is 2.20. The predicted molar refractivity (Wildman–Crippen MR) is 116 cm³/mol. The molecule has 0 aromatic rings. The molecule has 1 atom stereocenters. The van der Waals surface area contributed by atoms with E-state index in [1.54, 1.807) is 0 Å². The summed E-state index contributed by atoms with van der Waals surface area (Å²) in [5.74, 6) is -0.712. The van der Waals surface area contributed by atoms with Gasteiger partial charge < -0.3 is 10.2 Å².